The van der Waals surface area contributed by atoms with Crippen LogP contribution in [0.3, 0.4) is 0 Å². The van der Waals surface area contributed by atoms with Crippen LogP contribution in [0.1, 0.15) is 63.5 Å². The molecule has 1 spiro atoms. The van der Waals surface area contributed by atoms with Crippen molar-refractivity contribution in [2.45, 2.75) is 70.9 Å². The summed E-state index contributed by atoms with van der Waals surface area (Å²) in [5.74, 6) is 0.691. The number of nitrogens with one attached hydrogen (secondary N) is 1. The predicted molar refractivity (Wildman–Crippen MR) is 95.9 cm³/mol. The van der Waals surface area contributed by atoms with Gasteiger partial charge in [-0.1, -0.05) is 24.5 Å². The van der Waals surface area contributed by atoms with Gasteiger partial charge in [0, 0.05) is 25.6 Å². The second-order valence-corrected chi connectivity index (χ2v) is 8.20. The molecule has 26 heavy (non-hydrogen) atoms. The van der Waals surface area contributed by atoms with E-state index < -0.39 is 0 Å². The Hall–Kier alpha value is -1.92. The van der Waals surface area contributed by atoms with E-state index in [4.69, 9.17) is 0 Å². The molecule has 142 valence electrons. The molecule has 1 aliphatic carbocycles. The highest BCUT2D eigenvalue weighted by Gasteiger charge is 2.42. The van der Waals surface area contributed by atoms with E-state index in [9.17, 15) is 9.59 Å². The zero-order valence-electron chi connectivity index (χ0n) is 15.5. The van der Waals surface area contributed by atoms with Crippen LogP contribution in [0.4, 0.5) is 0 Å². The summed E-state index contributed by atoms with van der Waals surface area (Å²) in [6.07, 6.45) is 10.9. The fourth-order valence-electron chi connectivity index (χ4n) is 4.46. The smallest absolute Gasteiger partial charge is 0.226 e. The Morgan fingerprint density at radius 3 is 2.62 bits per heavy atom. The van der Waals surface area contributed by atoms with Crippen molar-refractivity contribution in [3.05, 3.63) is 11.9 Å². The van der Waals surface area contributed by atoms with Gasteiger partial charge in [0.15, 0.2) is 0 Å². The minimum atomic E-state index is -0.328. The van der Waals surface area contributed by atoms with E-state index in [1.54, 1.807) is 0 Å². The molecule has 7 nitrogen and oxygen atoms in total. The Balaban J connectivity index is 1.42. The quantitative estimate of drug-likeness (QED) is 0.830. The summed E-state index contributed by atoms with van der Waals surface area (Å²) >= 11 is 0. The topological polar surface area (TPSA) is 80.1 Å². The van der Waals surface area contributed by atoms with Gasteiger partial charge in [-0.15, -0.1) is 5.10 Å². The maximum atomic E-state index is 13.0. The van der Waals surface area contributed by atoms with Crippen molar-refractivity contribution < 1.29 is 9.59 Å². The van der Waals surface area contributed by atoms with Gasteiger partial charge in [0.05, 0.1) is 18.2 Å². The number of fused-ring (bicyclic) bond motifs is 2. The van der Waals surface area contributed by atoms with Gasteiger partial charge >= 0.3 is 0 Å². The van der Waals surface area contributed by atoms with Crippen LogP contribution in [-0.4, -0.2) is 44.8 Å². The number of hydrogen-bond donors (Lipinski definition) is 1. The number of amides is 2. The van der Waals surface area contributed by atoms with E-state index >= 15 is 0 Å². The molecule has 1 aromatic rings. The third-order valence-corrected chi connectivity index (χ3v) is 6.53. The minimum absolute atomic E-state index is 0.128. The van der Waals surface area contributed by atoms with Crippen LogP contribution >= 0.6 is 0 Å². The standard InChI is InChI=1S/C19H29N5O2/c25-17(15-5-4-6-15)23-11-8-19(9-12-23)7-2-1-3-10-24-14-16(21-22-24)13-20-18(19)26/h14-15H,1-13H2,(H,20,26). The highest BCUT2D eigenvalue weighted by molar-refractivity contribution is 5.84. The molecular weight excluding hydrogens is 330 g/mol. The van der Waals surface area contributed by atoms with E-state index in [-0.39, 0.29) is 17.2 Å². The van der Waals surface area contributed by atoms with Gasteiger partial charge in [0.25, 0.3) is 0 Å². The van der Waals surface area contributed by atoms with Crippen LogP contribution < -0.4 is 5.32 Å². The Labute approximate surface area is 154 Å². The van der Waals surface area contributed by atoms with Crippen molar-refractivity contribution in [3.63, 3.8) is 0 Å². The molecular formula is C19H29N5O2. The zero-order valence-corrected chi connectivity index (χ0v) is 15.5. The van der Waals surface area contributed by atoms with Gasteiger partial charge in [-0.3, -0.25) is 14.3 Å². The Kier molecular flexibility index (Phi) is 4.96. The van der Waals surface area contributed by atoms with E-state index in [0.29, 0.717) is 12.5 Å². The lowest BCUT2D eigenvalue weighted by Gasteiger charge is -2.42. The molecule has 0 aromatic carbocycles. The molecule has 2 fully saturated rings. The van der Waals surface area contributed by atoms with Crippen LogP contribution in [0.5, 0.6) is 0 Å². The first-order valence-corrected chi connectivity index (χ1v) is 10.1. The van der Waals surface area contributed by atoms with E-state index in [2.05, 4.69) is 15.6 Å². The predicted octanol–water partition coefficient (Wildman–Crippen LogP) is 1.88. The largest absolute Gasteiger partial charge is 0.350 e. The fraction of sp³-hybridized carbons (Fsp3) is 0.789. The molecule has 1 aromatic heterocycles. The second kappa shape index (κ2) is 7.37. The van der Waals surface area contributed by atoms with Gasteiger partial charge in [-0.05, 0) is 38.5 Å². The van der Waals surface area contributed by atoms with Gasteiger partial charge in [0.2, 0.25) is 11.8 Å². The SMILES string of the molecule is O=C(C1CCC1)N1CCC2(CCCCCn3cc(nn3)CNC2=O)CC1. The molecule has 2 bridgehead atoms. The molecule has 2 aliphatic heterocycles. The average molecular weight is 359 g/mol. The summed E-state index contributed by atoms with van der Waals surface area (Å²) in [6, 6.07) is 0. The molecule has 1 saturated carbocycles. The summed E-state index contributed by atoms with van der Waals surface area (Å²) < 4.78 is 1.86. The lowest BCUT2D eigenvalue weighted by atomic mass is 9.73. The van der Waals surface area contributed by atoms with Crippen LogP contribution in [0.15, 0.2) is 6.20 Å². The molecule has 0 radical (unpaired) electrons. The third kappa shape index (κ3) is 3.48. The number of aryl methyl sites for hydroxylation is 1. The molecule has 3 heterocycles. The number of hydrogen-bond acceptors (Lipinski definition) is 4. The zero-order chi connectivity index (χ0) is 18.0. The summed E-state index contributed by atoms with van der Waals surface area (Å²) in [5, 5.41) is 11.4. The van der Waals surface area contributed by atoms with Crippen molar-refractivity contribution in [1.82, 2.24) is 25.2 Å². The van der Waals surface area contributed by atoms with E-state index in [0.717, 1.165) is 76.7 Å². The summed E-state index contributed by atoms with van der Waals surface area (Å²) in [7, 11) is 0. The number of carbonyl (C=O) groups excluding carboxylic acids is 2. The number of carbonyl (C=O) groups is 2. The normalized spacial score (nSPS) is 24.3. The summed E-state index contributed by atoms with van der Waals surface area (Å²) in [6.45, 7) is 2.76. The van der Waals surface area contributed by atoms with Crippen LogP contribution in [0.2, 0.25) is 0 Å². The average Bonchev–Trinajstić information content (AvgIpc) is 3.05. The molecule has 7 heteroatoms. The summed E-state index contributed by atoms with van der Waals surface area (Å²) in [5.41, 5.74) is 0.484. The molecule has 1 N–H and O–H groups in total. The highest BCUT2D eigenvalue weighted by atomic mass is 16.2. The number of likely N-dealkylation sites (tertiary alicyclic amines) is 1. The van der Waals surface area contributed by atoms with Crippen molar-refractivity contribution in [3.8, 4) is 0 Å². The molecule has 0 atom stereocenters. The van der Waals surface area contributed by atoms with Gasteiger partial charge in [-0.2, -0.15) is 0 Å². The molecule has 1 saturated heterocycles. The van der Waals surface area contributed by atoms with Crippen LogP contribution in [-0.2, 0) is 22.7 Å². The maximum absolute atomic E-state index is 13.0. The highest BCUT2D eigenvalue weighted by Crippen LogP contribution is 2.39. The number of nitrogens with zero attached hydrogens (tertiary/aromatic N) is 4. The molecule has 2 amide bonds. The Morgan fingerprint density at radius 1 is 1.08 bits per heavy atom. The first kappa shape index (κ1) is 17.5. The monoisotopic (exact) mass is 359 g/mol. The first-order chi connectivity index (χ1) is 12.7. The number of rotatable bonds is 1. The second-order valence-electron chi connectivity index (χ2n) is 8.20. The number of aromatic nitrogens is 3. The molecule has 4 rings (SSSR count). The van der Waals surface area contributed by atoms with Crippen LogP contribution in [0, 0.1) is 11.3 Å². The van der Waals surface area contributed by atoms with Gasteiger partial charge in [0.1, 0.15) is 5.69 Å². The van der Waals surface area contributed by atoms with E-state index in [1.165, 1.54) is 6.42 Å². The summed E-state index contributed by atoms with van der Waals surface area (Å²) in [4.78, 5) is 27.6. The third-order valence-electron chi connectivity index (χ3n) is 6.53. The number of piperidine rings is 1. The Morgan fingerprint density at radius 2 is 1.88 bits per heavy atom. The maximum Gasteiger partial charge on any atom is 0.226 e. The van der Waals surface area contributed by atoms with E-state index in [1.807, 2.05) is 15.8 Å². The Bertz CT molecular complexity index is 659. The van der Waals surface area contributed by atoms with Crippen LogP contribution in [0.25, 0.3) is 0 Å². The molecule has 0 unspecified atom stereocenters. The van der Waals surface area contributed by atoms with Crippen molar-refractivity contribution in [2.75, 3.05) is 13.1 Å². The lowest BCUT2D eigenvalue weighted by molar-refractivity contribution is -0.145. The fourth-order valence-corrected chi connectivity index (χ4v) is 4.46. The van der Waals surface area contributed by atoms with Crippen molar-refractivity contribution in [2.24, 2.45) is 11.3 Å². The minimum Gasteiger partial charge on any atom is -0.350 e. The van der Waals surface area contributed by atoms with Gasteiger partial charge in [-0.25, -0.2) is 0 Å². The van der Waals surface area contributed by atoms with Crippen molar-refractivity contribution >= 4 is 11.8 Å². The van der Waals surface area contributed by atoms with Crippen molar-refractivity contribution in [1.29, 1.82) is 0 Å². The molecule has 3 aliphatic rings. The lowest BCUT2D eigenvalue weighted by Crippen LogP contribution is -2.51. The van der Waals surface area contributed by atoms with Gasteiger partial charge < -0.3 is 10.2 Å². The first-order valence-electron chi connectivity index (χ1n) is 10.1.